The number of rotatable bonds is 6. The largest absolute Gasteiger partial charge is 0.573 e. The van der Waals surface area contributed by atoms with Crippen LogP contribution in [0.15, 0.2) is 24.3 Å². The van der Waals surface area contributed by atoms with Gasteiger partial charge in [0.05, 0.1) is 5.69 Å². The van der Waals surface area contributed by atoms with E-state index in [1.807, 2.05) is 0 Å². The number of hydrogen-bond donors (Lipinski definition) is 2. The van der Waals surface area contributed by atoms with E-state index in [4.69, 9.17) is 17.0 Å². The summed E-state index contributed by atoms with van der Waals surface area (Å²) >= 11 is 4.99. The monoisotopic (exact) mass is 308 g/mol. The van der Waals surface area contributed by atoms with E-state index in [1.54, 1.807) is 13.2 Å². The molecule has 0 saturated heterocycles. The lowest BCUT2D eigenvalue weighted by atomic mass is 10.3. The van der Waals surface area contributed by atoms with Crippen LogP contribution < -0.4 is 15.4 Å². The molecule has 4 nitrogen and oxygen atoms in total. The second-order valence-corrected chi connectivity index (χ2v) is 4.18. The van der Waals surface area contributed by atoms with Gasteiger partial charge in [-0.1, -0.05) is 12.1 Å². The lowest BCUT2D eigenvalue weighted by molar-refractivity contribution is -0.274. The predicted octanol–water partition coefficient (Wildman–Crippen LogP) is 2.91. The molecule has 1 aromatic rings. The van der Waals surface area contributed by atoms with Crippen molar-refractivity contribution in [2.45, 2.75) is 12.8 Å². The van der Waals surface area contributed by atoms with Crippen molar-refractivity contribution in [3.05, 3.63) is 24.3 Å². The number of alkyl halides is 3. The van der Waals surface area contributed by atoms with Gasteiger partial charge in [0.2, 0.25) is 0 Å². The van der Waals surface area contributed by atoms with Crippen molar-refractivity contribution in [2.24, 2.45) is 0 Å². The Morgan fingerprint density at radius 1 is 1.30 bits per heavy atom. The van der Waals surface area contributed by atoms with Crippen molar-refractivity contribution < 1.29 is 22.6 Å². The van der Waals surface area contributed by atoms with E-state index in [-0.39, 0.29) is 16.5 Å². The number of hydrogen-bond acceptors (Lipinski definition) is 3. The van der Waals surface area contributed by atoms with Crippen LogP contribution in [0.2, 0.25) is 0 Å². The molecule has 0 heterocycles. The molecule has 0 saturated carbocycles. The summed E-state index contributed by atoms with van der Waals surface area (Å²) in [7, 11) is 1.58. The zero-order valence-electron chi connectivity index (χ0n) is 10.8. The molecule has 0 radical (unpaired) electrons. The van der Waals surface area contributed by atoms with Gasteiger partial charge in [0, 0.05) is 20.3 Å². The summed E-state index contributed by atoms with van der Waals surface area (Å²) in [6.45, 7) is 1.13. The molecule has 0 bridgehead atoms. The fourth-order valence-electron chi connectivity index (χ4n) is 1.37. The van der Waals surface area contributed by atoms with E-state index in [0.29, 0.717) is 13.2 Å². The molecule has 8 heteroatoms. The van der Waals surface area contributed by atoms with Crippen molar-refractivity contribution in [3.8, 4) is 5.75 Å². The zero-order valence-corrected chi connectivity index (χ0v) is 11.6. The third-order valence-electron chi connectivity index (χ3n) is 2.17. The highest BCUT2D eigenvalue weighted by molar-refractivity contribution is 7.80. The summed E-state index contributed by atoms with van der Waals surface area (Å²) in [4.78, 5) is 0. The Morgan fingerprint density at radius 3 is 2.65 bits per heavy atom. The summed E-state index contributed by atoms with van der Waals surface area (Å²) in [5.74, 6) is -0.332. The van der Waals surface area contributed by atoms with Crippen LogP contribution in [0, 0.1) is 0 Å². The number of nitrogens with one attached hydrogen (secondary N) is 2. The molecular formula is C12H15F3N2O2S. The van der Waals surface area contributed by atoms with Gasteiger partial charge in [-0.2, -0.15) is 0 Å². The summed E-state index contributed by atoms with van der Waals surface area (Å²) in [6, 6.07) is 5.69. The second kappa shape index (κ2) is 7.91. The van der Waals surface area contributed by atoms with E-state index in [1.165, 1.54) is 18.2 Å². The number of benzene rings is 1. The first-order chi connectivity index (χ1) is 9.42. The topological polar surface area (TPSA) is 42.5 Å². The van der Waals surface area contributed by atoms with Crippen molar-refractivity contribution >= 4 is 23.0 Å². The van der Waals surface area contributed by atoms with Gasteiger partial charge < -0.3 is 20.1 Å². The van der Waals surface area contributed by atoms with Gasteiger partial charge in [0.25, 0.3) is 0 Å². The SMILES string of the molecule is COCCCNC(=S)Nc1ccccc1OC(F)(F)F. The Bertz CT molecular complexity index is 441. The van der Waals surface area contributed by atoms with Crippen molar-refractivity contribution in [1.29, 1.82) is 0 Å². The van der Waals surface area contributed by atoms with Crippen LogP contribution in [-0.4, -0.2) is 31.7 Å². The van der Waals surface area contributed by atoms with Crippen molar-refractivity contribution in [3.63, 3.8) is 0 Å². The molecule has 0 spiro atoms. The van der Waals surface area contributed by atoms with Gasteiger partial charge in [-0.05, 0) is 30.8 Å². The van der Waals surface area contributed by atoms with E-state index in [0.717, 1.165) is 6.42 Å². The van der Waals surface area contributed by atoms with Crippen LogP contribution in [0.5, 0.6) is 5.75 Å². The van der Waals surface area contributed by atoms with Gasteiger partial charge in [-0.25, -0.2) is 0 Å². The lowest BCUT2D eigenvalue weighted by Crippen LogP contribution is -2.30. The highest BCUT2D eigenvalue weighted by Crippen LogP contribution is 2.29. The predicted molar refractivity (Wildman–Crippen MR) is 73.8 cm³/mol. The molecule has 0 aliphatic rings. The van der Waals surface area contributed by atoms with Gasteiger partial charge in [0.1, 0.15) is 0 Å². The van der Waals surface area contributed by atoms with E-state index in [9.17, 15) is 13.2 Å². The van der Waals surface area contributed by atoms with Gasteiger partial charge >= 0.3 is 6.36 Å². The molecule has 0 atom stereocenters. The quantitative estimate of drug-likeness (QED) is 0.625. The first-order valence-corrected chi connectivity index (χ1v) is 6.22. The van der Waals surface area contributed by atoms with Crippen LogP contribution >= 0.6 is 12.2 Å². The molecule has 112 valence electrons. The maximum Gasteiger partial charge on any atom is 0.573 e. The number of para-hydroxylation sites is 2. The summed E-state index contributed by atoms with van der Waals surface area (Å²) < 4.78 is 45.5. The second-order valence-electron chi connectivity index (χ2n) is 3.77. The van der Waals surface area contributed by atoms with Gasteiger partial charge in [-0.3, -0.25) is 0 Å². The van der Waals surface area contributed by atoms with Crippen molar-refractivity contribution in [2.75, 3.05) is 25.6 Å². The highest BCUT2D eigenvalue weighted by Gasteiger charge is 2.32. The van der Waals surface area contributed by atoms with E-state index < -0.39 is 6.36 Å². The Hall–Kier alpha value is -1.54. The molecule has 0 aromatic heterocycles. The van der Waals surface area contributed by atoms with Crippen molar-refractivity contribution in [1.82, 2.24) is 5.32 Å². The van der Waals surface area contributed by atoms with Crippen LogP contribution in [0.25, 0.3) is 0 Å². The minimum Gasteiger partial charge on any atom is -0.404 e. The Balaban J connectivity index is 2.56. The third-order valence-corrected chi connectivity index (χ3v) is 2.42. The maximum atomic E-state index is 12.2. The fourth-order valence-corrected chi connectivity index (χ4v) is 1.58. The lowest BCUT2D eigenvalue weighted by Gasteiger charge is -2.15. The minimum atomic E-state index is -4.74. The highest BCUT2D eigenvalue weighted by atomic mass is 32.1. The third kappa shape index (κ3) is 6.58. The van der Waals surface area contributed by atoms with Crippen LogP contribution in [-0.2, 0) is 4.74 Å². The summed E-state index contributed by atoms with van der Waals surface area (Å²) in [5.41, 5.74) is 0.147. The molecule has 0 unspecified atom stereocenters. The zero-order chi connectivity index (χ0) is 15.0. The molecule has 0 aliphatic heterocycles. The number of anilines is 1. The van der Waals surface area contributed by atoms with Gasteiger partial charge in [-0.15, -0.1) is 13.2 Å². The van der Waals surface area contributed by atoms with E-state index >= 15 is 0 Å². The minimum absolute atomic E-state index is 0.147. The van der Waals surface area contributed by atoms with Crippen LogP contribution in [0.1, 0.15) is 6.42 Å². The molecule has 0 aliphatic carbocycles. The Labute approximate surface area is 120 Å². The molecule has 0 fully saturated rings. The Kier molecular flexibility index (Phi) is 6.53. The van der Waals surface area contributed by atoms with Gasteiger partial charge in [0.15, 0.2) is 10.9 Å². The summed E-state index contributed by atoms with van der Waals surface area (Å²) in [5, 5.41) is 5.75. The fraction of sp³-hybridized carbons (Fsp3) is 0.417. The standard InChI is InChI=1S/C12H15F3N2O2S/c1-18-8-4-7-16-11(20)17-9-5-2-3-6-10(9)19-12(13,14)15/h2-3,5-6H,4,7-8H2,1H3,(H2,16,17,20). The molecule has 1 rings (SSSR count). The number of methoxy groups -OCH3 is 1. The number of ether oxygens (including phenoxy) is 2. The first-order valence-electron chi connectivity index (χ1n) is 5.81. The Morgan fingerprint density at radius 2 is 2.00 bits per heavy atom. The average Bonchev–Trinajstić information content (AvgIpc) is 2.35. The molecule has 2 N–H and O–H groups in total. The molecular weight excluding hydrogens is 293 g/mol. The molecule has 20 heavy (non-hydrogen) atoms. The first kappa shape index (κ1) is 16.5. The normalized spacial score (nSPS) is 11.0. The molecule has 1 aromatic carbocycles. The number of thiocarbonyl (C=S) groups is 1. The van der Waals surface area contributed by atoms with Crippen LogP contribution in [0.4, 0.5) is 18.9 Å². The average molecular weight is 308 g/mol. The van der Waals surface area contributed by atoms with E-state index in [2.05, 4.69) is 15.4 Å². The summed E-state index contributed by atoms with van der Waals surface area (Å²) in [6.07, 6.45) is -4.01. The molecule has 0 amide bonds. The maximum absolute atomic E-state index is 12.2. The number of halogens is 3. The smallest absolute Gasteiger partial charge is 0.404 e. The van der Waals surface area contributed by atoms with Crippen LogP contribution in [0.3, 0.4) is 0 Å².